The van der Waals surface area contributed by atoms with Crippen molar-refractivity contribution in [1.29, 1.82) is 0 Å². The van der Waals surface area contributed by atoms with Crippen LogP contribution in [0.3, 0.4) is 0 Å². The van der Waals surface area contributed by atoms with Crippen LogP contribution in [0.15, 0.2) is 0 Å². The summed E-state index contributed by atoms with van der Waals surface area (Å²) in [5.41, 5.74) is -1.49. The summed E-state index contributed by atoms with van der Waals surface area (Å²) in [7, 11) is 0. The molecule has 0 aliphatic carbocycles. The van der Waals surface area contributed by atoms with Gasteiger partial charge in [-0.15, -0.1) is 0 Å². The fraction of sp³-hybridized carbons (Fsp3) is 1.00. The fourth-order valence-electron chi connectivity index (χ4n) is 3.69. The van der Waals surface area contributed by atoms with Gasteiger partial charge in [-0.3, -0.25) is 0 Å². The molecule has 0 saturated carbocycles. The summed E-state index contributed by atoms with van der Waals surface area (Å²) in [5.74, 6) is 0.536. The van der Waals surface area contributed by atoms with Crippen molar-refractivity contribution < 1.29 is 35.7 Å². The van der Waals surface area contributed by atoms with Crippen LogP contribution in [0.1, 0.15) is 72.1 Å². The molecule has 2 unspecified atom stereocenters. The summed E-state index contributed by atoms with van der Waals surface area (Å²) in [6.45, 7) is 4.89. The zero-order valence-electron chi connectivity index (χ0n) is 17.2. The number of hydrogen-bond donors (Lipinski definition) is 7. The molecule has 27 heavy (non-hydrogen) atoms. The SMILES string of the molecule is CC(CC(CCCCC(O)O)CCC(CO)(CO)CO)CC(C)(C)C(O)O. The first-order valence-corrected chi connectivity index (χ1v) is 10.1. The van der Waals surface area contributed by atoms with E-state index in [9.17, 15) is 25.5 Å². The molecule has 0 bridgehead atoms. The Bertz CT molecular complexity index is 359. The van der Waals surface area contributed by atoms with E-state index in [1.165, 1.54) is 0 Å². The third-order valence-corrected chi connectivity index (χ3v) is 5.72. The van der Waals surface area contributed by atoms with E-state index in [4.69, 9.17) is 10.2 Å². The molecule has 0 aromatic rings. The van der Waals surface area contributed by atoms with Crippen molar-refractivity contribution in [3.63, 3.8) is 0 Å². The fourth-order valence-corrected chi connectivity index (χ4v) is 3.69. The maximum atomic E-state index is 9.53. The Morgan fingerprint density at radius 2 is 1.30 bits per heavy atom. The van der Waals surface area contributed by atoms with Crippen molar-refractivity contribution in [2.45, 2.75) is 84.7 Å². The molecule has 0 rings (SSSR count). The van der Waals surface area contributed by atoms with E-state index >= 15 is 0 Å². The Morgan fingerprint density at radius 1 is 0.778 bits per heavy atom. The second-order valence-electron chi connectivity index (χ2n) is 9.05. The molecule has 0 amide bonds. The Balaban J connectivity index is 4.81. The molecule has 0 spiro atoms. The Morgan fingerprint density at radius 3 is 1.74 bits per heavy atom. The minimum Gasteiger partial charge on any atom is -0.396 e. The lowest BCUT2D eigenvalue weighted by molar-refractivity contribution is -0.128. The van der Waals surface area contributed by atoms with E-state index in [-0.39, 0.29) is 31.7 Å². The predicted molar refractivity (Wildman–Crippen MR) is 104 cm³/mol. The van der Waals surface area contributed by atoms with E-state index in [2.05, 4.69) is 6.92 Å². The van der Waals surface area contributed by atoms with Crippen LogP contribution in [0.25, 0.3) is 0 Å². The van der Waals surface area contributed by atoms with Crippen LogP contribution in [-0.2, 0) is 0 Å². The monoisotopic (exact) mass is 394 g/mol. The van der Waals surface area contributed by atoms with Crippen molar-refractivity contribution >= 4 is 0 Å². The Kier molecular flexibility index (Phi) is 12.9. The van der Waals surface area contributed by atoms with Gasteiger partial charge in [-0.2, -0.15) is 0 Å². The standard InChI is InChI=1S/C20H42O7/c1-15(11-19(2,3)18(26)27)10-16(6-4-5-7-17(24)25)8-9-20(12-21,13-22)14-23/h15-18,21-27H,4-14H2,1-3H3. The van der Waals surface area contributed by atoms with E-state index in [0.29, 0.717) is 25.7 Å². The predicted octanol–water partition coefficient (Wildman–Crippen LogP) is 0.970. The van der Waals surface area contributed by atoms with Gasteiger partial charge in [0.15, 0.2) is 12.6 Å². The van der Waals surface area contributed by atoms with Crippen LogP contribution in [-0.4, -0.2) is 68.1 Å². The second-order valence-corrected chi connectivity index (χ2v) is 9.05. The molecule has 7 heteroatoms. The van der Waals surface area contributed by atoms with Gasteiger partial charge in [-0.25, -0.2) is 0 Å². The van der Waals surface area contributed by atoms with Gasteiger partial charge in [0, 0.05) is 10.8 Å². The molecule has 164 valence electrons. The van der Waals surface area contributed by atoms with Crippen molar-refractivity contribution in [3.05, 3.63) is 0 Å². The molecule has 0 aliphatic heterocycles. The maximum absolute atomic E-state index is 9.53. The number of aliphatic hydroxyl groups is 7. The van der Waals surface area contributed by atoms with E-state index in [0.717, 1.165) is 25.7 Å². The molecular formula is C20H42O7. The summed E-state index contributed by atoms with van der Waals surface area (Å²) in [4.78, 5) is 0. The topological polar surface area (TPSA) is 142 Å². The number of hydrogen-bond acceptors (Lipinski definition) is 7. The highest BCUT2D eigenvalue weighted by atomic mass is 16.5. The van der Waals surface area contributed by atoms with Crippen molar-refractivity contribution in [1.82, 2.24) is 0 Å². The summed E-state index contributed by atoms with van der Waals surface area (Å²) in [5, 5.41) is 65.6. The molecule has 2 atom stereocenters. The van der Waals surface area contributed by atoms with Crippen LogP contribution in [0.4, 0.5) is 0 Å². The zero-order chi connectivity index (χ0) is 21.1. The summed E-state index contributed by atoms with van der Waals surface area (Å²) in [6, 6.07) is 0. The highest BCUT2D eigenvalue weighted by Crippen LogP contribution is 2.35. The van der Waals surface area contributed by atoms with Gasteiger partial charge in [-0.1, -0.05) is 33.6 Å². The molecule has 7 N–H and O–H groups in total. The first-order valence-electron chi connectivity index (χ1n) is 10.1. The van der Waals surface area contributed by atoms with E-state index in [1.54, 1.807) is 0 Å². The number of unbranched alkanes of at least 4 members (excludes halogenated alkanes) is 1. The average Bonchev–Trinajstić information content (AvgIpc) is 2.59. The highest BCUT2D eigenvalue weighted by Gasteiger charge is 2.31. The van der Waals surface area contributed by atoms with Crippen molar-refractivity contribution in [2.75, 3.05) is 19.8 Å². The minimum atomic E-state index is -1.38. The molecule has 0 saturated heterocycles. The van der Waals surface area contributed by atoms with Gasteiger partial charge in [0.2, 0.25) is 0 Å². The molecular weight excluding hydrogens is 352 g/mol. The Labute approximate surface area is 163 Å². The smallest absolute Gasteiger partial charge is 0.156 e. The molecule has 0 aromatic heterocycles. The largest absolute Gasteiger partial charge is 0.396 e. The molecule has 0 aliphatic rings. The van der Waals surface area contributed by atoms with Crippen molar-refractivity contribution in [2.24, 2.45) is 22.7 Å². The summed E-state index contributed by atoms with van der Waals surface area (Å²) in [6.07, 6.45) is 2.82. The Hall–Kier alpha value is -0.280. The van der Waals surface area contributed by atoms with Gasteiger partial charge in [0.25, 0.3) is 0 Å². The number of aliphatic hydroxyl groups excluding tert-OH is 5. The first kappa shape index (κ1) is 26.7. The van der Waals surface area contributed by atoms with Gasteiger partial charge >= 0.3 is 0 Å². The van der Waals surface area contributed by atoms with E-state index in [1.807, 2.05) is 13.8 Å². The molecule has 0 heterocycles. The van der Waals surface area contributed by atoms with Crippen LogP contribution >= 0.6 is 0 Å². The maximum Gasteiger partial charge on any atom is 0.156 e. The third kappa shape index (κ3) is 10.7. The lowest BCUT2D eigenvalue weighted by Gasteiger charge is -2.33. The summed E-state index contributed by atoms with van der Waals surface area (Å²) < 4.78 is 0. The third-order valence-electron chi connectivity index (χ3n) is 5.72. The zero-order valence-corrected chi connectivity index (χ0v) is 17.2. The van der Waals surface area contributed by atoms with E-state index < -0.39 is 23.4 Å². The van der Waals surface area contributed by atoms with Crippen LogP contribution in [0.2, 0.25) is 0 Å². The quantitative estimate of drug-likeness (QED) is 0.153. The number of rotatable bonds is 16. The summed E-state index contributed by atoms with van der Waals surface area (Å²) >= 11 is 0. The van der Waals surface area contributed by atoms with Crippen molar-refractivity contribution in [3.8, 4) is 0 Å². The lowest BCUT2D eigenvalue weighted by atomic mass is 9.76. The van der Waals surface area contributed by atoms with Gasteiger partial charge in [0.1, 0.15) is 0 Å². The second kappa shape index (κ2) is 13.0. The lowest BCUT2D eigenvalue weighted by Crippen LogP contribution is -2.34. The first-order chi connectivity index (χ1) is 12.5. The van der Waals surface area contributed by atoms with Crippen LogP contribution < -0.4 is 0 Å². The van der Waals surface area contributed by atoms with Gasteiger partial charge in [-0.05, 0) is 50.4 Å². The van der Waals surface area contributed by atoms with Crippen LogP contribution in [0, 0.1) is 22.7 Å². The molecule has 0 radical (unpaired) electrons. The molecule has 0 fully saturated rings. The van der Waals surface area contributed by atoms with Crippen LogP contribution in [0.5, 0.6) is 0 Å². The van der Waals surface area contributed by atoms with Gasteiger partial charge < -0.3 is 35.7 Å². The minimum absolute atomic E-state index is 0.252. The van der Waals surface area contributed by atoms with Gasteiger partial charge in [0.05, 0.1) is 19.8 Å². The normalized spacial score (nSPS) is 15.6. The average molecular weight is 395 g/mol. The molecule has 7 nitrogen and oxygen atoms in total. The highest BCUT2D eigenvalue weighted by molar-refractivity contribution is 4.80. The molecule has 0 aromatic carbocycles.